The molecule has 0 atom stereocenters. The molecule has 4 heteroatoms. The summed E-state index contributed by atoms with van der Waals surface area (Å²) < 4.78 is 35.3. The summed E-state index contributed by atoms with van der Waals surface area (Å²) in [4.78, 5) is 3.46. The summed E-state index contributed by atoms with van der Waals surface area (Å²) in [5, 5.41) is 0. The van der Waals surface area contributed by atoms with Crippen LogP contribution in [0.15, 0.2) is 24.5 Å². The highest BCUT2D eigenvalue weighted by molar-refractivity contribution is 5.12. The van der Waals surface area contributed by atoms with Gasteiger partial charge in [-0.3, -0.25) is 4.98 Å². The molecule has 0 aliphatic heterocycles. The van der Waals surface area contributed by atoms with Crippen molar-refractivity contribution < 1.29 is 13.2 Å². The topological polar surface area (TPSA) is 12.9 Å². The molecule has 1 heterocycles. The number of hydrogen-bond donors (Lipinski definition) is 0. The van der Waals surface area contributed by atoms with Gasteiger partial charge in [0.15, 0.2) is 0 Å². The summed E-state index contributed by atoms with van der Waals surface area (Å²) in [6.45, 7) is 4.00. The Kier molecular flexibility index (Phi) is 4.33. The van der Waals surface area contributed by atoms with Crippen LogP contribution in [0.1, 0.15) is 19.4 Å². The fourth-order valence-electron chi connectivity index (χ4n) is 0.541. The Balaban J connectivity index is 0.000000561. The van der Waals surface area contributed by atoms with Crippen LogP contribution in [-0.4, -0.2) is 4.98 Å². The SMILES string of the molecule is CC.FC(F)(F)c1ccncc1. The van der Waals surface area contributed by atoms with Crippen molar-refractivity contribution in [3.63, 3.8) is 0 Å². The van der Waals surface area contributed by atoms with E-state index in [1.54, 1.807) is 0 Å². The Hall–Kier alpha value is -1.06. The smallest absolute Gasteiger partial charge is 0.265 e. The molecule has 1 nitrogen and oxygen atoms in total. The fourth-order valence-corrected chi connectivity index (χ4v) is 0.541. The lowest BCUT2D eigenvalue weighted by Crippen LogP contribution is -2.03. The summed E-state index contributed by atoms with van der Waals surface area (Å²) in [7, 11) is 0. The van der Waals surface area contributed by atoms with Gasteiger partial charge in [-0.25, -0.2) is 0 Å². The van der Waals surface area contributed by atoms with Crippen molar-refractivity contribution in [3.05, 3.63) is 30.1 Å². The largest absolute Gasteiger partial charge is 0.416 e. The highest BCUT2D eigenvalue weighted by atomic mass is 19.4. The number of nitrogens with zero attached hydrogens (tertiary/aromatic N) is 1. The molecular weight excluding hydrogens is 167 g/mol. The van der Waals surface area contributed by atoms with Crippen LogP contribution in [0.25, 0.3) is 0 Å². The Morgan fingerprint density at radius 2 is 1.50 bits per heavy atom. The second-order valence-corrected chi connectivity index (χ2v) is 1.73. The number of alkyl halides is 3. The minimum Gasteiger partial charge on any atom is -0.265 e. The molecule has 0 saturated carbocycles. The van der Waals surface area contributed by atoms with Crippen LogP contribution in [0, 0.1) is 0 Å². The average molecular weight is 177 g/mol. The van der Waals surface area contributed by atoms with Gasteiger partial charge in [0.05, 0.1) is 5.56 Å². The van der Waals surface area contributed by atoms with Gasteiger partial charge in [-0.1, -0.05) is 13.8 Å². The van der Waals surface area contributed by atoms with Gasteiger partial charge >= 0.3 is 6.18 Å². The van der Waals surface area contributed by atoms with Crippen molar-refractivity contribution in [2.75, 3.05) is 0 Å². The minimum absolute atomic E-state index is 0.664. The van der Waals surface area contributed by atoms with Crippen LogP contribution in [0.3, 0.4) is 0 Å². The lowest BCUT2D eigenvalue weighted by Gasteiger charge is -2.03. The molecule has 68 valence electrons. The fraction of sp³-hybridized carbons (Fsp3) is 0.375. The normalized spacial score (nSPS) is 10.1. The zero-order valence-corrected chi connectivity index (χ0v) is 6.89. The van der Waals surface area contributed by atoms with E-state index in [1.165, 1.54) is 0 Å². The summed E-state index contributed by atoms with van der Waals surface area (Å²) in [5.74, 6) is 0. The van der Waals surface area contributed by atoms with Crippen LogP contribution in [0.5, 0.6) is 0 Å². The molecule has 0 fully saturated rings. The monoisotopic (exact) mass is 177 g/mol. The highest BCUT2D eigenvalue weighted by Crippen LogP contribution is 2.27. The van der Waals surface area contributed by atoms with Crippen molar-refractivity contribution in [1.29, 1.82) is 0 Å². The molecule has 0 saturated heterocycles. The second-order valence-electron chi connectivity index (χ2n) is 1.73. The molecule has 0 radical (unpaired) electrons. The van der Waals surface area contributed by atoms with Gasteiger partial charge in [-0.05, 0) is 12.1 Å². The molecule has 0 aromatic carbocycles. The maximum atomic E-state index is 11.8. The van der Waals surface area contributed by atoms with E-state index in [9.17, 15) is 13.2 Å². The first-order valence-corrected chi connectivity index (χ1v) is 3.58. The predicted octanol–water partition coefficient (Wildman–Crippen LogP) is 3.13. The van der Waals surface area contributed by atoms with Crippen LogP contribution < -0.4 is 0 Å². The van der Waals surface area contributed by atoms with Gasteiger partial charge in [-0.2, -0.15) is 13.2 Å². The molecule has 0 spiro atoms. The van der Waals surface area contributed by atoms with Crippen molar-refractivity contribution in [1.82, 2.24) is 4.98 Å². The van der Waals surface area contributed by atoms with Gasteiger partial charge in [-0.15, -0.1) is 0 Å². The predicted molar refractivity (Wildman–Crippen MR) is 40.6 cm³/mol. The van der Waals surface area contributed by atoms with Crippen molar-refractivity contribution in [2.45, 2.75) is 20.0 Å². The van der Waals surface area contributed by atoms with Crippen molar-refractivity contribution >= 4 is 0 Å². The molecule has 0 unspecified atom stereocenters. The van der Waals surface area contributed by atoms with E-state index in [-0.39, 0.29) is 0 Å². The van der Waals surface area contributed by atoms with Crippen molar-refractivity contribution in [2.24, 2.45) is 0 Å². The van der Waals surface area contributed by atoms with E-state index in [2.05, 4.69) is 4.98 Å². The van der Waals surface area contributed by atoms with E-state index < -0.39 is 11.7 Å². The third-order valence-corrected chi connectivity index (χ3v) is 1.01. The standard InChI is InChI=1S/C6H4F3N.C2H6/c7-6(8,9)5-1-3-10-4-2-5;1-2/h1-4H;1-2H3. The zero-order chi connectivity index (χ0) is 9.61. The number of hydrogen-bond acceptors (Lipinski definition) is 1. The first-order chi connectivity index (χ1) is 5.61. The third-order valence-electron chi connectivity index (χ3n) is 1.01. The zero-order valence-electron chi connectivity index (χ0n) is 6.89. The molecule has 0 aliphatic carbocycles. The lowest BCUT2D eigenvalue weighted by molar-refractivity contribution is -0.137. The van der Waals surface area contributed by atoms with Gasteiger partial charge in [0.1, 0.15) is 0 Å². The quantitative estimate of drug-likeness (QED) is 0.593. The molecule has 0 N–H and O–H groups in total. The van der Waals surface area contributed by atoms with Crippen LogP contribution in [-0.2, 0) is 6.18 Å². The Morgan fingerprint density at radius 1 is 1.08 bits per heavy atom. The van der Waals surface area contributed by atoms with Gasteiger partial charge < -0.3 is 0 Å². The Morgan fingerprint density at radius 3 is 1.75 bits per heavy atom. The van der Waals surface area contributed by atoms with Gasteiger partial charge in [0.25, 0.3) is 0 Å². The van der Waals surface area contributed by atoms with Crippen LogP contribution in [0.4, 0.5) is 13.2 Å². The molecule has 1 aromatic rings. The van der Waals surface area contributed by atoms with Crippen LogP contribution in [0.2, 0.25) is 0 Å². The second kappa shape index (κ2) is 4.74. The lowest BCUT2D eigenvalue weighted by atomic mass is 10.3. The maximum Gasteiger partial charge on any atom is 0.416 e. The summed E-state index contributed by atoms with van der Waals surface area (Å²) >= 11 is 0. The number of halogens is 3. The Labute approximate surface area is 69.2 Å². The van der Waals surface area contributed by atoms with E-state index in [0.717, 1.165) is 24.5 Å². The highest BCUT2D eigenvalue weighted by Gasteiger charge is 2.29. The first kappa shape index (κ1) is 10.9. The molecular formula is C8H10F3N. The summed E-state index contributed by atoms with van der Waals surface area (Å²) in [6.07, 6.45) is -2.02. The van der Waals surface area contributed by atoms with Crippen LogP contribution >= 0.6 is 0 Å². The first-order valence-electron chi connectivity index (χ1n) is 3.58. The number of pyridine rings is 1. The van der Waals surface area contributed by atoms with E-state index >= 15 is 0 Å². The van der Waals surface area contributed by atoms with E-state index in [1.807, 2.05) is 13.8 Å². The minimum atomic E-state index is -4.25. The molecule has 0 bridgehead atoms. The molecule has 0 amide bonds. The molecule has 1 aromatic heterocycles. The molecule has 0 aliphatic rings. The summed E-state index contributed by atoms with van der Waals surface area (Å²) in [6, 6.07) is 1.86. The van der Waals surface area contributed by atoms with Gasteiger partial charge in [0.2, 0.25) is 0 Å². The van der Waals surface area contributed by atoms with Crippen molar-refractivity contribution in [3.8, 4) is 0 Å². The van der Waals surface area contributed by atoms with Gasteiger partial charge in [0, 0.05) is 12.4 Å². The Bertz CT molecular complexity index is 205. The third kappa shape index (κ3) is 3.37. The maximum absolute atomic E-state index is 11.8. The molecule has 12 heavy (non-hydrogen) atoms. The average Bonchev–Trinajstić information content (AvgIpc) is 2.08. The number of rotatable bonds is 0. The van der Waals surface area contributed by atoms with E-state index in [0.29, 0.717) is 0 Å². The summed E-state index contributed by atoms with van der Waals surface area (Å²) in [5.41, 5.74) is -0.664. The van der Waals surface area contributed by atoms with E-state index in [4.69, 9.17) is 0 Å². The molecule has 1 rings (SSSR count). The number of aromatic nitrogens is 1.